The Morgan fingerprint density at radius 1 is 1.19 bits per heavy atom. The minimum Gasteiger partial charge on any atom is -0.508 e. The van der Waals surface area contributed by atoms with Gasteiger partial charge in [0.05, 0.1) is 44.3 Å². The molecule has 2 saturated heterocycles. The van der Waals surface area contributed by atoms with E-state index in [9.17, 15) is 24.2 Å². The highest BCUT2D eigenvalue weighted by molar-refractivity contribution is 5.95. The molecule has 2 aliphatic rings. The smallest absolute Gasteiger partial charge is 0.414 e. The van der Waals surface area contributed by atoms with E-state index in [2.05, 4.69) is 5.32 Å². The fraction of sp³-hybridized carbons (Fsp3) is 0.364. The van der Waals surface area contributed by atoms with Crippen LogP contribution < -0.4 is 15.1 Å². The lowest BCUT2D eigenvalue weighted by molar-refractivity contribution is 0.0916. The minimum absolute atomic E-state index is 0.0603. The van der Waals surface area contributed by atoms with Gasteiger partial charge >= 0.3 is 6.09 Å². The number of amides is 2. The summed E-state index contributed by atoms with van der Waals surface area (Å²) in [6.07, 6.45) is -1.22. The Morgan fingerprint density at radius 3 is 2.69 bits per heavy atom. The molecule has 2 heterocycles. The summed E-state index contributed by atoms with van der Waals surface area (Å²) < 4.78 is 25.3. The first-order valence-electron chi connectivity index (χ1n) is 10.3. The van der Waals surface area contributed by atoms with Gasteiger partial charge in [-0.05, 0) is 36.4 Å². The number of ether oxygens (including phenoxy) is 2. The number of benzene rings is 2. The zero-order valence-electron chi connectivity index (χ0n) is 17.3. The quantitative estimate of drug-likeness (QED) is 0.620. The summed E-state index contributed by atoms with van der Waals surface area (Å²) in [4.78, 5) is 27.9. The van der Waals surface area contributed by atoms with Crippen molar-refractivity contribution >= 4 is 23.4 Å². The number of nitrogens with zero attached hydrogens (tertiary/aromatic N) is 2. The van der Waals surface area contributed by atoms with Crippen molar-refractivity contribution < 1.29 is 33.7 Å². The maximum Gasteiger partial charge on any atom is 0.414 e. The van der Waals surface area contributed by atoms with E-state index in [1.54, 1.807) is 12.1 Å². The Hall–Kier alpha value is -3.37. The van der Waals surface area contributed by atoms with Crippen molar-refractivity contribution in [1.82, 2.24) is 5.32 Å². The molecule has 2 aliphatic heterocycles. The number of carbonyl (C=O) groups is 2. The van der Waals surface area contributed by atoms with Crippen LogP contribution in [-0.2, 0) is 16.1 Å². The summed E-state index contributed by atoms with van der Waals surface area (Å²) in [6.45, 7) is 2.10. The van der Waals surface area contributed by atoms with Crippen LogP contribution in [0.4, 0.5) is 20.6 Å². The predicted molar refractivity (Wildman–Crippen MR) is 113 cm³/mol. The SMILES string of the molecule is O=C(NCC1CN(c2ccc(N3CCOCC3)c(F)c2)C(=O)O1)c1ccc(O)c(CO)c1. The second-order valence-corrected chi connectivity index (χ2v) is 7.56. The van der Waals surface area contributed by atoms with Crippen molar-refractivity contribution in [3.05, 3.63) is 53.3 Å². The van der Waals surface area contributed by atoms with Crippen molar-refractivity contribution in [3.8, 4) is 5.75 Å². The number of phenols is 1. The summed E-state index contributed by atoms with van der Waals surface area (Å²) in [5.41, 5.74) is 1.33. The van der Waals surface area contributed by atoms with Gasteiger partial charge in [-0.15, -0.1) is 0 Å². The molecule has 3 N–H and O–H groups in total. The van der Waals surface area contributed by atoms with Gasteiger partial charge in [0, 0.05) is 24.2 Å². The molecule has 10 heteroatoms. The van der Waals surface area contributed by atoms with E-state index in [0.717, 1.165) is 0 Å². The number of carbonyl (C=O) groups excluding carboxylic acids is 2. The number of morpholine rings is 1. The zero-order chi connectivity index (χ0) is 22.7. The molecule has 0 bridgehead atoms. The number of anilines is 2. The van der Waals surface area contributed by atoms with Crippen LogP contribution >= 0.6 is 0 Å². The number of nitrogens with one attached hydrogen (secondary N) is 1. The number of hydrogen-bond acceptors (Lipinski definition) is 7. The average Bonchev–Trinajstić information content (AvgIpc) is 3.18. The molecular weight excluding hydrogens is 421 g/mol. The van der Waals surface area contributed by atoms with Gasteiger partial charge in [-0.2, -0.15) is 0 Å². The van der Waals surface area contributed by atoms with Crippen LogP contribution in [0.3, 0.4) is 0 Å². The Labute approximate surface area is 183 Å². The molecule has 170 valence electrons. The molecule has 9 nitrogen and oxygen atoms in total. The Bertz CT molecular complexity index is 1010. The summed E-state index contributed by atoms with van der Waals surface area (Å²) in [6, 6.07) is 8.75. The van der Waals surface area contributed by atoms with Gasteiger partial charge in [0.25, 0.3) is 5.91 Å². The first-order valence-corrected chi connectivity index (χ1v) is 10.3. The Balaban J connectivity index is 1.37. The van der Waals surface area contributed by atoms with Gasteiger partial charge in [0.1, 0.15) is 17.7 Å². The van der Waals surface area contributed by atoms with Crippen LogP contribution in [0.15, 0.2) is 36.4 Å². The number of aromatic hydroxyl groups is 1. The normalized spacial score (nSPS) is 18.6. The maximum atomic E-state index is 14.7. The molecule has 0 spiro atoms. The largest absolute Gasteiger partial charge is 0.508 e. The van der Waals surface area contributed by atoms with Gasteiger partial charge in [-0.3, -0.25) is 9.69 Å². The van der Waals surface area contributed by atoms with Crippen molar-refractivity contribution in [2.75, 3.05) is 49.2 Å². The average molecular weight is 445 g/mol. The zero-order valence-corrected chi connectivity index (χ0v) is 17.3. The standard InChI is InChI=1S/C22H24FN3O6/c23-18-10-16(2-3-19(18)25-5-7-31-8-6-25)26-12-17(32-22(26)30)11-24-21(29)14-1-4-20(28)15(9-14)13-27/h1-4,9-10,17,27-28H,5-8,11-13H2,(H,24,29). The number of halogens is 1. The van der Waals surface area contributed by atoms with E-state index in [-0.39, 0.29) is 30.0 Å². The van der Waals surface area contributed by atoms with Gasteiger partial charge in [0.15, 0.2) is 0 Å². The highest BCUT2D eigenvalue weighted by Gasteiger charge is 2.33. The van der Waals surface area contributed by atoms with Crippen molar-refractivity contribution in [2.45, 2.75) is 12.7 Å². The molecule has 0 saturated carbocycles. The summed E-state index contributed by atoms with van der Waals surface area (Å²) in [5, 5.41) is 21.5. The molecule has 32 heavy (non-hydrogen) atoms. The van der Waals surface area contributed by atoms with E-state index in [1.807, 2.05) is 4.90 Å². The third-order valence-electron chi connectivity index (χ3n) is 5.47. The highest BCUT2D eigenvalue weighted by atomic mass is 19.1. The molecule has 0 aliphatic carbocycles. The first kappa shape index (κ1) is 21.8. The monoisotopic (exact) mass is 445 g/mol. The molecule has 4 rings (SSSR count). The molecule has 2 fully saturated rings. The Kier molecular flexibility index (Phi) is 6.42. The summed E-state index contributed by atoms with van der Waals surface area (Å²) in [7, 11) is 0. The van der Waals surface area contributed by atoms with Crippen LogP contribution in [-0.4, -0.2) is 67.7 Å². The predicted octanol–water partition coefficient (Wildman–Crippen LogP) is 1.62. The van der Waals surface area contributed by atoms with E-state index in [1.165, 1.54) is 29.2 Å². The number of hydrogen-bond donors (Lipinski definition) is 3. The Morgan fingerprint density at radius 2 is 1.97 bits per heavy atom. The minimum atomic E-state index is -0.616. The lowest BCUT2D eigenvalue weighted by Crippen LogP contribution is -2.37. The number of aliphatic hydroxyl groups excluding tert-OH is 1. The fourth-order valence-electron chi connectivity index (χ4n) is 3.73. The van der Waals surface area contributed by atoms with Gasteiger partial charge < -0.3 is 29.9 Å². The highest BCUT2D eigenvalue weighted by Crippen LogP contribution is 2.28. The van der Waals surface area contributed by atoms with Gasteiger partial charge in [-0.1, -0.05) is 0 Å². The summed E-state index contributed by atoms with van der Waals surface area (Å²) in [5.74, 6) is -0.965. The van der Waals surface area contributed by atoms with Crippen LogP contribution in [0.25, 0.3) is 0 Å². The first-order chi connectivity index (χ1) is 15.5. The topological polar surface area (TPSA) is 112 Å². The van der Waals surface area contributed by atoms with E-state index < -0.39 is 30.5 Å². The van der Waals surface area contributed by atoms with E-state index in [0.29, 0.717) is 37.7 Å². The summed E-state index contributed by atoms with van der Waals surface area (Å²) >= 11 is 0. The molecule has 1 atom stereocenters. The lowest BCUT2D eigenvalue weighted by Gasteiger charge is -2.29. The molecule has 1 unspecified atom stereocenters. The third-order valence-corrected chi connectivity index (χ3v) is 5.47. The molecule has 0 aromatic heterocycles. The van der Waals surface area contributed by atoms with Crippen LogP contribution in [0.2, 0.25) is 0 Å². The van der Waals surface area contributed by atoms with Crippen molar-refractivity contribution in [3.63, 3.8) is 0 Å². The number of rotatable bonds is 6. The second-order valence-electron chi connectivity index (χ2n) is 7.56. The van der Waals surface area contributed by atoms with Gasteiger partial charge in [0.2, 0.25) is 0 Å². The molecule has 0 radical (unpaired) electrons. The molecular formula is C22H24FN3O6. The maximum absolute atomic E-state index is 14.7. The third kappa shape index (κ3) is 4.61. The van der Waals surface area contributed by atoms with Crippen LogP contribution in [0.1, 0.15) is 15.9 Å². The lowest BCUT2D eigenvalue weighted by atomic mass is 10.1. The van der Waals surface area contributed by atoms with Crippen LogP contribution in [0.5, 0.6) is 5.75 Å². The fourth-order valence-corrected chi connectivity index (χ4v) is 3.73. The van der Waals surface area contributed by atoms with E-state index >= 15 is 0 Å². The molecule has 2 aromatic rings. The van der Waals surface area contributed by atoms with Gasteiger partial charge in [-0.25, -0.2) is 9.18 Å². The van der Waals surface area contributed by atoms with Crippen molar-refractivity contribution in [1.29, 1.82) is 0 Å². The molecule has 2 amide bonds. The van der Waals surface area contributed by atoms with E-state index in [4.69, 9.17) is 9.47 Å². The number of cyclic esters (lactones) is 1. The molecule has 2 aromatic carbocycles. The van der Waals surface area contributed by atoms with Crippen molar-refractivity contribution in [2.24, 2.45) is 0 Å². The second kappa shape index (κ2) is 9.41. The number of aliphatic hydroxyl groups is 1. The van der Waals surface area contributed by atoms with Crippen LogP contribution in [0, 0.1) is 5.82 Å².